The zero-order valence-corrected chi connectivity index (χ0v) is 16.1. The molecule has 0 radical (unpaired) electrons. The van der Waals surface area contributed by atoms with Gasteiger partial charge in [-0.15, -0.1) is 0 Å². The highest BCUT2D eigenvalue weighted by molar-refractivity contribution is 6.31. The Balaban J connectivity index is 1.54. The van der Waals surface area contributed by atoms with Gasteiger partial charge in [0, 0.05) is 36.7 Å². The molecule has 1 atom stereocenters. The first kappa shape index (κ1) is 17.9. The number of carbonyl (C=O) groups excluding carboxylic acids is 1. The van der Waals surface area contributed by atoms with E-state index in [0.717, 1.165) is 31.4 Å². The van der Waals surface area contributed by atoms with Crippen molar-refractivity contribution in [2.24, 2.45) is 7.05 Å². The number of benzene rings is 1. The maximum Gasteiger partial charge on any atom is 0.257 e. The molecule has 0 N–H and O–H groups in total. The number of halogens is 1. The minimum absolute atomic E-state index is 0.0475. The second-order valence-corrected chi connectivity index (χ2v) is 7.48. The van der Waals surface area contributed by atoms with Crippen LogP contribution in [0.5, 0.6) is 0 Å². The molecule has 1 aliphatic rings. The average Bonchev–Trinajstić information content (AvgIpc) is 3.32. The Morgan fingerprint density at radius 3 is 2.85 bits per heavy atom. The molecule has 4 rings (SSSR count). The fraction of sp³-hybridized carbons (Fsp3) is 0.333. The highest BCUT2D eigenvalue weighted by Crippen LogP contribution is 2.32. The summed E-state index contributed by atoms with van der Waals surface area (Å²) in [5.74, 6) is 0.0475. The molecule has 0 aliphatic carbocycles. The van der Waals surface area contributed by atoms with Gasteiger partial charge in [0.25, 0.3) is 5.91 Å². The van der Waals surface area contributed by atoms with Crippen LogP contribution >= 0.6 is 11.6 Å². The molecule has 140 valence electrons. The second-order valence-electron chi connectivity index (χ2n) is 7.07. The third-order valence-electron chi connectivity index (χ3n) is 5.26. The summed E-state index contributed by atoms with van der Waals surface area (Å²) in [5.41, 5.74) is 2.80. The lowest BCUT2D eigenvalue weighted by Crippen LogP contribution is -2.39. The number of aryl methyl sites for hydroxylation is 1. The zero-order valence-electron chi connectivity index (χ0n) is 15.4. The van der Waals surface area contributed by atoms with E-state index in [1.54, 1.807) is 10.9 Å². The van der Waals surface area contributed by atoms with E-state index in [9.17, 15) is 4.79 Å². The van der Waals surface area contributed by atoms with Gasteiger partial charge < -0.3 is 9.47 Å². The van der Waals surface area contributed by atoms with Crippen LogP contribution in [0.4, 0.5) is 0 Å². The van der Waals surface area contributed by atoms with Crippen molar-refractivity contribution >= 4 is 17.5 Å². The summed E-state index contributed by atoms with van der Waals surface area (Å²) in [6, 6.07) is 12.0. The summed E-state index contributed by atoms with van der Waals surface area (Å²) in [6.45, 7) is 1.33. The monoisotopic (exact) mass is 382 g/mol. The lowest BCUT2D eigenvalue weighted by Gasteiger charge is -2.36. The first-order valence-corrected chi connectivity index (χ1v) is 9.69. The summed E-state index contributed by atoms with van der Waals surface area (Å²) in [7, 11) is 2.04. The smallest absolute Gasteiger partial charge is 0.257 e. The van der Waals surface area contributed by atoms with Crippen LogP contribution in [0, 0.1) is 0 Å². The lowest BCUT2D eigenvalue weighted by molar-refractivity contribution is 0.0602. The molecule has 27 heavy (non-hydrogen) atoms. The van der Waals surface area contributed by atoms with Crippen LogP contribution in [-0.2, 0) is 13.6 Å². The number of piperidine rings is 1. The SMILES string of the molecule is Cn1cccc1[C@H]1CCCCN1C(=O)c1cnn(Cc2ccccc2Cl)c1. The molecule has 2 aromatic heterocycles. The van der Waals surface area contributed by atoms with Crippen LogP contribution in [0.2, 0.25) is 5.02 Å². The highest BCUT2D eigenvalue weighted by atomic mass is 35.5. The number of hydrogen-bond acceptors (Lipinski definition) is 2. The number of amides is 1. The molecule has 1 aromatic carbocycles. The van der Waals surface area contributed by atoms with E-state index >= 15 is 0 Å². The van der Waals surface area contributed by atoms with Crippen molar-refractivity contribution in [3.8, 4) is 0 Å². The van der Waals surface area contributed by atoms with Gasteiger partial charge in [0.15, 0.2) is 0 Å². The Labute approximate surface area is 164 Å². The minimum atomic E-state index is 0.0475. The van der Waals surface area contributed by atoms with Crippen LogP contribution in [0.1, 0.15) is 46.9 Å². The number of carbonyl (C=O) groups is 1. The van der Waals surface area contributed by atoms with Crippen molar-refractivity contribution in [1.29, 1.82) is 0 Å². The van der Waals surface area contributed by atoms with Crippen molar-refractivity contribution in [3.05, 3.63) is 76.8 Å². The fourth-order valence-electron chi connectivity index (χ4n) is 3.83. The molecule has 1 aliphatic heterocycles. The van der Waals surface area contributed by atoms with Crippen molar-refractivity contribution in [1.82, 2.24) is 19.2 Å². The number of aromatic nitrogens is 3. The predicted molar refractivity (Wildman–Crippen MR) is 106 cm³/mol. The van der Waals surface area contributed by atoms with Crippen LogP contribution in [0.3, 0.4) is 0 Å². The van der Waals surface area contributed by atoms with Gasteiger partial charge in [0.05, 0.1) is 24.3 Å². The molecule has 0 unspecified atom stereocenters. The van der Waals surface area contributed by atoms with E-state index < -0.39 is 0 Å². The minimum Gasteiger partial charge on any atom is -0.353 e. The normalized spacial score (nSPS) is 17.3. The third kappa shape index (κ3) is 3.65. The topological polar surface area (TPSA) is 43.1 Å². The Morgan fingerprint density at radius 2 is 2.07 bits per heavy atom. The van der Waals surface area contributed by atoms with E-state index in [2.05, 4.69) is 15.7 Å². The molecule has 0 saturated carbocycles. The molecule has 5 nitrogen and oxygen atoms in total. The Morgan fingerprint density at radius 1 is 1.22 bits per heavy atom. The van der Waals surface area contributed by atoms with Crippen LogP contribution < -0.4 is 0 Å². The maximum absolute atomic E-state index is 13.2. The third-order valence-corrected chi connectivity index (χ3v) is 5.63. The van der Waals surface area contributed by atoms with Crippen molar-refractivity contribution < 1.29 is 4.79 Å². The largest absolute Gasteiger partial charge is 0.353 e. The number of nitrogens with zero attached hydrogens (tertiary/aromatic N) is 4. The van der Waals surface area contributed by atoms with Crippen LogP contribution in [0.25, 0.3) is 0 Å². The highest BCUT2D eigenvalue weighted by Gasteiger charge is 2.30. The first-order valence-electron chi connectivity index (χ1n) is 9.31. The Hall–Kier alpha value is -2.53. The fourth-order valence-corrected chi connectivity index (χ4v) is 4.03. The predicted octanol–water partition coefficient (Wildman–Crippen LogP) is 4.29. The first-order chi connectivity index (χ1) is 13.1. The lowest BCUT2D eigenvalue weighted by atomic mass is 9.98. The van der Waals surface area contributed by atoms with E-state index in [1.165, 1.54) is 5.69 Å². The molecule has 1 saturated heterocycles. The molecule has 1 amide bonds. The molecule has 0 bridgehead atoms. The van der Waals surface area contributed by atoms with Gasteiger partial charge in [-0.25, -0.2) is 0 Å². The molecule has 6 heteroatoms. The van der Waals surface area contributed by atoms with Gasteiger partial charge in [-0.2, -0.15) is 5.10 Å². The number of likely N-dealkylation sites (tertiary alicyclic amines) is 1. The van der Waals surface area contributed by atoms with Gasteiger partial charge in [-0.3, -0.25) is 9.48 Å². The van der Waals surface area contributed by atoms with E-state index in [4.69, 9.17) is 11.6 Å². The molecule has 1 fully saturated rings. The molecule has 0 spiro atoms. The van der Waals surface area contributed by atoms with Gasteiger partial charge in [0.1, 0.15) is 0 Å². The van der Waals surface area contributed by atoms with E-state index in [-0.39, 0.29) is 11.9 Å². The van der Waals surface area contributed by atoms with Crippen LogP contribution in [0.15, 0.2) is 55.0 Å². The van der Waals surface area contributed by atoms with Gasteiger partial charge in [-0.05, 0) is 43.0 Å². The molecule has 3 aromatic rings. The quantitative estimate of drug-likeness (QED) is 0.675. The standard InChI is InChI=1S/C21H23ClN4O/c1-24-11-6-10-19(24)20-9-4-5-12-26(20)21(27)17-13-23-25(15-17)14-16-7-2-3-8-18(16)22/h2-3,6-8,10-11,13,15,20H,4-5,9,12,14H2,1H3/t20-/m1/s1. The summed E-state index contributed by atoms with van der Waals surface area (Å²) < 4.78 is 3.88. The summed E-state index contributed by atoms with van der Waals surface area (Å²) >= 11 is 6.24. The van der Waals surface area contributed by atoms with Crippen molar-refractivity contribution in [2.75, 3.05) is 6.54 Å². The molecular weight excluding hydrogens is 360 g/mol. The van der Waals surface area contributed by atoms with Crippen molar-refractivity contribution in [2.45, 2.75) is 31.8 Å². The molecule has 3 heterocycles. The average molecular weight is 383 g/mol. The number of hydrogen-bond donors (Lipinski definition) is 0. The maximum atomic E-state index is 13.2. The summed E-state index contributed by atoms with van der Waals surface area (Å²) in [4.78, 5) is 15.2. The summed E-state index contributed by atoms with van der Waals surface area (Å²) in [5, 5.41) is 5.09. The molecular formula is C21H23ClN4O. The van der Waals surface area contributed by atoms with E-state index in [1.807, 2.05) is 54.7 Å². The number of rotatable bonds is 4. The van der Waals surface area contributed by atoms with E-state index in [0.29, 0.717) is 17.1 Å². The van der Waals surface area contributed by atoms with Gasteiger partial charge in [0.2, 0.25) is 0 Å². The Kier molecular flexibility index (Phi) is 5.03. The van der Waals surface area contributed by atoms with Gasteiger partial charge in [-0.1, -0.05) is 29.8 Å². The second kappa shape index (κ2) is 7.61. The van der Waals surface area contributed by atoms with Crippen molar-refractivity contribution in [3.63, 3.8) is 0 Å². The van der Waals surface area contributed by atoms with Gasteiger partial charge >= 0.3 is 0 Å². The van der Waals surface area contributed by atoms with Crippen LogP contribution in [-0.4, -0.2) is 31.7 Å². The zero-order chi connectivity index (χ0) is 18.8. The Bertz CT molecular complexity index is 945. The summed E-state index contributed by atoms with van der Waals surface area (Å²) in [6.07, 6.45) is 8.70.